The average Bonchev–Trinajstić information content (AvgIpc) is 3.62. The molecule has 0 unspecified atom stereocenters. The molecule has 0 amide bonds. The Morgan fingerprint density at radius 1 is 0.316 bits per heavy atom. The van der Waals surface area contributed by atoms with Crippen molar-refractivity contribution in [2.24, 2.45) is 0 Å². The number of pyridine rings is 1. The first kappa shape index (κ1) is 32.7. The molecule has 3 heterocycles. The molecule has 3 aromatic heterocycles. The molecule has 5 nitrogen and oxygen atoms in total. The molecule has 0 radical (unpaired) electrons. The molecule has 0 N–H and O–H groups in total. The fourth-order valence-electron chi connectivity index (χ4n) is 8.19. The van der Waals surface area contributed by atoms with Crippen LogP contribution >= 0.6 is 0 Å². The summed E-state index contributed by atoms with van der Waals surface area (Å²) in [5.41, 5.74) is 11.4. The molecular formula is C52H33N5. The topological polar surface area (TPSA) is 56.5 Å². The van der Waals surface area contributed by atoms with Crippen LogP contribution in [0.5, 0.6) is 0 Å². The van der Waals surface area contributed by atoms with Gasteiger partial charge >= 0.3 is 0 Å². The lowest BCUT2D eigenvalue weighted by Crippen LogP contribution is -2.00. The van der Waals surface area contributed by atoms with E-state index in [1.165, 1.54) is 16.3 Å². The summed E-state index contributed by atoms with van der Waals surface area (Å²) in [5, 5.41) is 5.77. The van der Waals surface area contributed by atoms with E-state index in [0.29, 0.717) is 17.5 Å². The molecular weight excluding hydrogens is 695 g/mol. The second-order valence-corrected chi connectivity index (χ2v) is 14.2. The van der Waals surface area contributed by atoms with Gasteiger partial charge < -0.3 is 4.57 Å². The van der Waals surface area contributed by atoms with Crippen LogP contribution in [0.25, 0.3) is 106 Å². The highest BCUT2D eigenvalue weighted by Crippen LogP contribution is 2.43. The van der Waals surface area contributed by atoms with Crippen LogP contribution in [0.2, 0.25) is 0 Å². The van der Waals surface area contributed by atoms with Crippen molar-refractivity contribution in [1.29, 1.82) is 0 Å². The van der Waals surface area contributed by atoms with Gasteiger partial charge in [-0.1, -0.05) is 158 Å². The molecule has 266 valence electrons. The van der Waals surface area contributed by atoms with Crippen molar-refractivity contribution in [3.05, 3.63) is 200 Å². The number of benzene rings is 8. The lowest BCUT2D eigenvalue weighted by atomic mass is 9.92. The Morgan fingerprint density at radius 2 is 0.860 bits per heavy atom. The van der Waals surface area contributed by atoms with Gasteiger partial charge in [0.2, 0.25) is 0 Å². The van der Waals surface area contributed by atoms with Crippen molar-refractivity contribution in [2.45, 2.75) is 0 Å². The predicted octanol–water partition coefficient (Wildman–Crippen LogP) is 13.0. The quantitative estimate of drug-likeness (QED) is 0.160. The molecule has 0 fully saturated rings. The molecule has 0 saturated heterocycles. The first-order chi connectivity index (χ1) is 28.3. The van der Waals surface area contributed by atoms with Gasteiger partial charge in [-0.3, -0.25) is 0 Å². The summed E-state index contributed by atoms with van der Waals surface area (Å²) in [4.78, 5) is 20.5. The first-order valence-electron chi connectivity index (χ1n) is 19.1. The Morgan fingerprint density at radius 3 is 1.54 bits per heavy atom. The van der Waals surface area contributed by atoms with Gasteiger partial charge in [0, 0.05) is 49.5 Å². The van der Waals surface area contributed by atoms with E-state index in [1.54, 1.807) is 0 Å². The zero-order valence-corrected chi connectivity index (χ0v) is 30.8. The third kappa shape index (κ3) is 5.64. The van der Waals surface area contributed by atoms with E-state index < -0.39 is 0 Å². The maximum absolute atomic E-state index is 5.45. The van der Waals surface area contributed by atoms with Gasteiger partial charge in [-0.2, -0.15) is 0 Å². The van der Waals surface area contributed by atoms with Crippen LogP contribution in [0.4, 0.5) is 0 Å². The third-order valence-corrected chi connectivity index (χ3v) is 10.8. The minimum Gasteiger partial charge on any atom is -0.309 e. The molecule has 0 aliphatic carbocycles. The molecule has 5 heteroatoms. The van der Waals surface area contributed by atoms with E-state index in [4.69, 9.17) is 19.9 Å². The number of hydrogen-bond acceptors (Lipinski definition) is 4. The molecule has 0 saturated carbocycles. The number of aromatic nitrogens is 5. The van der Waals surface area contributed by atoms with Crippen molar-refractivity contribution < 1.29 is 0 Å². The summed E-state index contributed by atoms with van der Waals surface area (Å²) in [5.74, 6) is 1.89. The Labute approximate surface area is 329 Å². The highest BCUT2D eigenvalue weighted by Gasteiger charge is 2.20. The van der Waals surface area contributed by atoms with Crippen molar-refractivity contribution in [1.82, 2.24) is 24.5 Å². The van der Waals surface area contributed by atoms with Crippen LogP contribution in [0.1, 0.15) is 0 Å². The summed E-state index contributed by atoms with van der Waals surface area (Å²) < 4.78 is 2.38. The van der Waals surface area contributed by atoms with Crippen LogP contribution < -0.4 is 0 Å². The highest BCUT2D eigenvalue weighted by atomic mass is 15.0. The normalized spacial score (nSPS) is 11.5. The third-order valence-electron chi connectivity index (χ3n) is 10.8. The van der Waals surface area contributed by atoms with Crippen LogP contribution in [-0.2, 0) is 0 Å². The van der Waals surface area contributed by atoms with Gasteiger partial charge in [0.15, 0.2) is 17.5 Å². The van der Waals surface area contributed by atoms with Gasteiger partial charge in [0.25, 0.3) is 0 Å². The second-order valence-electron chi connectivity index (χ2n) is 14.2. The van der Waals surface area contributed by atoms with Crippen molar-refractivity contribution in [3.63, 3.8) is 0 Å². The minimum atomic E-state index is 0.620. The highest BCUT2D eigenvalue weighted by molar-refractivity contribution is 6.22. The largest absolute Gasteiger partial charge is 0.309 e. The molecule has 0 aliphatic heterocycles. The van der Waals surface area contributed by atoms with Crippen LogP contribution in [-0.4, -0.2) is 24.5 Å². The zero-order chi connectivity index (χ0) is 37.7. The standard InChI is InChI=1S/C52H33N5/c1-5-17-34(18-6-1)49-44-33-47-42(41-27-13-14-30-46(41)57(47)39-25-11-4-12-26-39)32-43(44)48-40(28-16-29-45(48)53-49)37-23-15-24-38(31-37)52-55-50(35-19-7-2-8-20-35)54-51(56-52)36-21-9-3-10-22-36/h1-33H. The van der Waals surface area contributed by atoms with Crippen molar-refractivity contribution in [2.75, 3.05) is 0 Å². The monoisotopic (exact) mass is 727 g/mol. The summed E-state index contributed by atoms with van der Waals surface area (Å²) in [6.07, 6.45) is 0. The van der Waals surface area contributed by atoms with E-state index in [0.717, 1.165) is 72.0 Å². The molecule has 8 aromatic carbocycles. The maximum atomic E-state index is 5.45. The summed E-state index contributed by atoms with van der Waals surface area (Å²) in [7, 11) is 0. The van der Waals surface area contributed by atoms with Gasteiger partial charge in [-0.15, -0.1) is 0 Å². The van der Waals surface area contributed by atoms with Crippen molar-refractivity contribution in [3.8, 4) is 62.2 Å². The van der Waals surface area contributed by atoms with Crippen molar-refractivity contribution >= 4 is 43.5 Å². The van der Waals surface area contributed by atoms with Gasteiger partial charge in [0.05, 0.1) is 22.2 Å². The lowest BCUT2D eigenvalue weighted by molar-refractivity contribution is 1.07. The fourth-order valence-corrected chi connectivity index (χ4v) is 8.19. The summed E-state index contributed by atoms with van der Waals surface area (Å²) in [6.45, 7) is 0. The lowest BCUT2D eigenvalue weighted by Gasteiger charge is -2.15. The first-order valence-corrected chi connectivity index (χ1v) is 19.1. The maximum Gasteiger partial charge on any atom is 0.164 e. The number of rotatable bonds is 6. The van der Waals surface area contributed by atoms with Crippen LogP contribution in [0.15, 0.2) is 200 Å². The Bertz CT molecular complexity index is 3210. The molecule has 0 atom stereocenters. The molecule has 0 aliphatic rings. The second kappa shape index (κ2) is 13.5. The SMILES string of the molecule is c1ccc(-c2nc(-c3ccccc3)nc(-c3cccc(-c4cccc5nc(-c6ccccc6)c6cc7c(cc6c45)c4ccccc4n7-c4ccccc4)c3)n2)cc1. The Balaban J connectivity index is 1.17. The molecule has 0 spiro atoms. The van der Waals surface area contributed by atoms with E-state index in [1.807, 2.05) is 60.7 Å². The summed E-state index contributed by atoms with van der Waals surface area (Å²) in [6, 6.07) is 69.8. The smallest absolute Gasteiger partial charge is 0.164 e. The average molecular weight is 728 g/mol. The number of hydrogen-bond donors (Lipinski definition) is 0. The Hall–Kier alpha value is -7.76. The number of nitrogens with zero attached hydrogens (tertiary/aromatic N) is 5. The van der Waals surface area contributed by atoms with E-state index in [9.17, 15) is 0 Å². The number of fused-ring (bicyclic) bond motifs is 6. The predicted molar refractivity (Wildman–Crippen MR) is 234 cm³/mol. The summed E-state index contributed by atoms with van der Waals surface area (Å²) >= 11 is 0. The molecule has 11 rings (SSSR count). The number of para-hydroxylation sites is 2. The molecule has 0 bridgehead atoms. The van der Waals surface area contributed by atoms with E-state index in [2.05, 4.69) is 144 Å². The van der Waals surface area contributed by atoms with E-state index in [-0.39, 0.29) is 0 Å². The van der Waals surface area contributed by atoms with Gasteiger partial charge in [-0.05, 0) is 59.0 Å². The van der Waals surface area contributed by atoms with Crippen LogP contribution in [0, 0.1) is 0 Å². The van der Waals surface area contributed by atoms with E-state index >= 15 is 0 Å². The van der Waals surface area contributed by atoms with Crippen LogP contribution in [0.3, 0.4) is 0 Å². The molecule has 57 heavy (non-hydrogen) atoms. The van der Waals surface area contributed by atoms with Gasteiger partial charge in [-0.25, -0.2) is 19.9 Å². The molecule has 11 aromatic rings. The Kier molecular flexibility index (Phi) is 7.74. The fraction of sp³-hybridized carbons (Fsp3) is 0. The zero-order valence-electron chi connectivity index (χ0n) is 30.8. The van der Waals surface area contributed by atoms with Gasteiger partial charge in [0.1, 0.15) is 0 Å². The minimum absolute atomic E-state index is 0.620.